The van der Waals surface area contributed by atoms with E-state index in [1.54, 1.807) is 0 Å². The monoisotopic (exact) mass is 299 g/mol. The van der Waals surface area contributed by atoms with Crippen molar-refractivity contribution < 1.29 is 14.7 Å². The number of hydrogen-bond donors (Lipinski definition) is 1. The molecule has 0 heterocycles. The van der Waals surface area contributed by atoms with Crippen LogP contribution < -0.4 is 9.47 Å². The van der Waals surface area contributed by atoms with Gasteiger partial charge in [-0.25, -0.2) is 0 Å². The zero-order valence-electron chi connectivity index (χ0n) is 13.2. The van der Waals surface area contributed by atoms with Gasteiger partial charge in [-0.05, 0) is 73.4 Å². The highest BCUT2D eigenvalue weighted by Crippen LogP contribution is 2.23. The Balaban J connectivity index is 1.84. The van der Waals surface area contributed by atoms with Crippen LogP contribution >= 0.6 is 0 Å². The number of ether oxygens (including phenoxy) is 2. The van der Waals surface area contributed by atoms with Crippen molar-refractivity contribution in [2.45, 2.75) is 20.8 Å². The minimum Gasteiger partial charge on any atom is -0.490 e. The summed E-state index contributed by atoms with van der Waals surface area (Å²) in [6, 6.07) is 11.5. The lowest BCUT2D eigenvalue weighted by Gasteiger charge is -2.13. The summed E-state index contributed by atoms with van der Waals surface area (Å²) in [5.41, 5.74) is 4.41. The van der Waals surface area contributed by atoms with Crippen LogP contribution in [0.3, 0.4) is 0 Å². The predicted octanol–water partition coefficient (Wildman–Crippen LogP) is 3.88. The summed E-state index contributed by atoms with van der Waals surface area (Å²) in [7, 11) is 0. The minimum atomic E-state index is 0.472. The van der Waals surface area contributed by atoms with Crippen molar-refractivity contribution in [1.82, 2.24) is 0 Å². The van der Waals surface area contributed by atoms with Crippen LogP contribution in [0.4, 0.5) is 0 Å². The van der Waals surface area contributed by atoms with Crippen molar-refractivity contribution in [3.63, 3.8) is 0 Å². The van der Waals surface area contributed by atoms with Gasteiger partial charge in [0.1, 0.15) is 24.7 Å². The molecular formula is C18H21NO3. The number of aryl methyl sites for hydroxylation is 2. The molecule has 2 aromatic rings. The Morgan fingerprint density at radius 2 is 1.68 bits per heavy atom. The van der Waals surface area contributed by atoms with Gasteiger partial charge in [-0.15, -0.1) is 0 Å². The Hall–Kier alpha value is -2.49. The molecule has 2 aromatic carbocycles. The summed E-state index contributed by atoms with van der Waals surface area (Å²) < 4.78 is 11.4. The van der Waals surface area contributed by atoms with E-state index in [1.807, 2.05) is 30.3 Å². The third-order valence-electron chi connectivity index (χ3n) is 3.46. The zero-order chi connectivity index (χ0) is 15.9. The lowest BCUT2D eigenvalue weighted by molar-refractivity contribution is 0.216. The number of nitrogens with zero attached hydrogens (tertiary/aromatic N) is 1. The molecule has 0 fully saturated rings. The van der Waals surface area contributed by atoms with E-state index < -0.39 is 0 Å². The molecule has 1 N–H and O–H groups in total. The van der Waals surface area contributed by atoms with Crippen molar-refractivity contribution in [1.29, 1.82) is 0 Å². The average molecular weight is 299 g/mol. The van der Waals surface area contributed by atoms with Crippen LogP contribution in [0.2, 0.25) is 0 Å². The molecule has 0 unspecified atom stereocenters. The summed E-state index contributed by atoms with van der Waals surface area (Å²) >= 11 is 0. The summed E-state index contributed by atoms with van der Waals surface area (Å²) in [5, 5.41) is 11.4. The maximum atomic E-state index is 8.45. The Morgan fingerprint density at radius 3 is 2.36 bits per heavy atom. The fourth-order valence-electron chi connectivity index (χ4n) is 2.18. The molecule has 0 aliphatic rings. The maximum absolute atomic E-state index is 8.45. The molecular weight excluding hydrogens is 278 g/mol. The van der Waals surface area contributed by atoms with Gasteiger partial charge >= 0.3 is 0 Å². The topological polar surface area (TPSA) is 51.0 Å². The molecule has 2 rings (SSSR count). The smallest absolute Gasteiger partial charge is 0.122 e. The highest BCUT2D eigenvalue weighted by Gasteiger charge is 2.04. The van der Waals surface area contributed by atoms with Crippen LogP contribution in [0, 0.1) is 20.8 Å². The van der Waals surface area contributed by atoms with E-state index in [9.17, 15) is 0 Å². The van der Waals surface area contributed by atoms with Crippen molar-refractivity contribution in [2.75, 3.05) is 13.2 Å². The van der Waals surface area contributed by atoms with Gasteiger partial charge in [0.15, 0.2) is 0 Å². The second-order valence-corrected chi connectivity index (χ2v) is 5.22. The summed E-state index contributed by atoms with van der Waals surface area (Å²) in [5.74, 6) is 1.67. The molecule has 22 heavy (non-hydrogen) atoms. The highest BCUT2D eigenvalue weighted by atomic mass is 16.5. The first-order chi connectivity index (χ1) is 10.6. The molecule has 4 nitrogen and oxygen atoms in total. The van der Waals surface area contributed by atoms with E-state index in [4.69, 9.17) is 14.7 Å². The van der Waals surface area contributed by atoms with Crippen molar-refractivity contribution in [3.05, 3.63) is 58.7 Å². The van der Waals surface area contributed by atoms with Gasteiger partial charge < -0.3 is 14.7 Å². The maximum Gasteiger partial charge on any atom is 0.122 e. The number of hydrogen-bond acceptors (Lipinski definition) is 4. The summed E-state index contributed by atoms with van der Waals surface area (Å²) in [6.07, 6.45) is 1.37. The van der Waals surface area contributed by atoms with E-state index in [0.717, 1.165) is 17.1 Å². The Labute approximate surface area is 131 Å². The van der Waals surface area contributed by atoms with Crippen LogP contribution in [0.1, 0.15) is 22.3 Å². The average Bonchev–Trinajstić information content (AvgIpc) is 2.50. The SMILES string of the molecule is Cc1cc(C)c(C)c(OCCOc2ccc(C=NO)cc2)c1. The van der Waals surface area contributed by atoms with Gasteiger partial charge in [-0.3, -0.25) is 0 Å². The Kier molecular flexibility index (Phi) is 5.42. The Morgan fingerprint density at radius 1 is 1.00 bits per heavy atom. The van der Waals surface area contributed by atoms with Crippen LogP contribution in [0.5, 0.6) is 11.5 Å². The minimum absolute atomic E-state index is 0.472. The molecule has 0 atom stereocenters. The van der Waals surface area contributed by atoms with Gasteiger partial charge in [-0.2, -0.15) is 0 Å². The van der Waals surface area contributed by atoms with Crippen molar-refractivity contribution in [3.8, 4) is 11.5 Å². The lowest BCUT2D eigenvalue weighted by atomic mass is 10.1. The van der Waals surface area contributed by atoms with Crippen LogP contribution in [0.25, 0.3) is 0 Å². The highest BCUT2D eigenvalue weighted by molar-refractivity contribution is 5.79. The van der Waals surface area contributed by atoms with Gasteiger partial charge in [0.25, 0.3) is 0 Å². The molecule has 0 aliphatic heterocycles. The first-order valence-corrected chi connectivity index (χ1v) is 7.21. The normalized spacial score (nSPS) is 10.9. The van der Waals surface area contributed by atoms with E-state index in [0.29, 0.717) is 13.2 Å². The van der Waals surface area contributed by atoms with E-state index in [-0.39, 0.29) is 0 Å². The van der Waals surface area contributed by atoms with Gasteiger partial charge in [0.2, 0.25) is 0 Å². The fraction of sp³-hybridized carbons (Fsp3) is 0.278. The molecule has 0 saturated heterocycles. The Bertz CT molecular complexity index is 648. The van der Waals surface area contributed by atoms with Crippen LogP contribution in [-0.2, 0) is 0 Å². The summed E-state index contributed by atoms with van der Waals surface area (Å²) in [6.45, 7) is 7.17. The molecule has 0 amide bonds. The van der Waals surface area contributed by atoms with E-state index >= 15 is 0 Å². The molecule has 0 aliphatic carbocycles. The fourth-order valence-corrected chi connectivity index (χ4v) is 2.18. The molecule has 0 aromatic heterocycles. The summed E-state index contributed by atoms with van der Waals surface area (Å²) in [4.78, 5) is 0. The number of oxime groups is 1. The van der Waals surface area contributed by atoms with Crippen molar-refractivity contribution in [2.24, 2.45) is 5.16 Å². The standard InChI is InChI=1S/C18H21NO3/c1-13-10-14(2)15(3)18(11-13)22-9-8-21-17-6-4-16(5-7-17)12-19-20/h4-7,10-12,20H,8-9H2,1-3H3. The largest absolute Gasteiger partial charge is 0.490 e. The van der Waals surface area contributed by atoms with Crippen LogP contribution in [-0.4, -0.2) is 24.6 Å². The molecule has 0 bridgehead atoms. The third kappa shape index (κ3) is 4.25. The van der Waals surface area contributed by atoms with Gasteiger partial charge in [0.05, 0.1) is 6.21 Å². The van der Waals surface area contributed by atoms with Gasteiger partial charge in [-0.1, -0.05) is 11.2 Å². The number of rotatable bonds is 6. The first kappa shape index (κ1) is 15.9. The van der Waals surface area contributed by atoms with E-state index in [1.165, 1.54) is 22.9 Å². The second-order valence-electron chi connectivity index (χ2n) is 5.22. The predicted molar refractivity (Wildman–Crippen MR) is 87.5 cm³/mol. The first-order valence-electron chi connectivity index (χ1n) is 7.21. The quantitative estimate of drug-likeness (QED) is 0.381. The van der Waals surface area contributed by atoms with Crippen molar-refractivity contribution >= 4 is 6.21 Å². The van der Waals surface area contributed by atoms with E-state index in [2.05, 4.69) is 32.0 Å². The molecule has 116 valence electrons. The molecule has 0 spiro atoms. The second kappa shape index (κ2) is 7.50. The molecule has 0 radical (unpaired) electrons. The third-order valence-corrected chi connectivity index (χ3v) is 3.46. The zero-order valence-corrected chi connectivity index (χ0v) is 13.2. The number of benzene rings is 2. The molecule has 0 saturated carbocycles. The van der Waals surface area contributed by atoms with Crippen LogP contribution in [0.15, 0.2) is 41.6 Å². The molecule has 4 heteroatoms. The lowest BCUT2D eigenvalue weighted by Crippen LogP contribution is -2.10. The van der Waals surface area contributed by atoms with Gasteiger partial charge in [0, 0.05) is 0 Å².